The van der Waals surface area contributed by atoms with Gasteiger partial charge in [0.15, 0.2) is 0 Å². The van der Waals surface area contributed by atoms with E-state index in [9.17, 15) is 14.3 Å². The molecule has 0 aromatic heterocycles. The molecule has 3 N–H and O–H groups in total. The molecule has 0 saturated carbocycles. The number of hydrogen-bond acceptors (Lipinski definition) is 7. The van der Waals surface area contributed by atoms with Gasteiger partial charge in [0.2, 0.25) is 0 Å². The van der Waals surface area contributed by atoms with Gasteiger partial charge in [0.25, 0.3) is 0 Å². The fourth-order valence-corrected chi connectivity index (χ4v) is 4.20. The summed E-state index contributed by atoms with van der Waals surface area (Å²) in [6, 6.07) is 0. The molecule has 0 radical (unpaired) electrons. The van der Waals surface area contributed by atoms with Crippen LogP contribution < -0.4 is 0 Å². The number of carbonyl (C=O) groups excluding carboxylic acids is 1. The quantitative estimate of drug-likeness (QED) is 0.0839. The number of carbonyl (C=O) groups is 1. The van der Waals surface area contributed by atoms with Crippen molar-refractivity contribution in [3.8, 4) is 0 Å². The van der Waals surface area contributed by atoms with Crippen molar-refractivity contribution in [3.63, 3.8) is 0 Å². The molecule has 0 amide bonds. The number of rotatable bonds is 25. The Morgan fingerprint density at radius 2 is 1.24 bits per heavy atom. The van der Waals surface area contributed by atoms with Crippen LogP contribution in [-0.4, -0.2) is 53.6 Å². The van der Waals surface area contributed by atoms with E-state index in [-0.39, 0.29) is 25.6 Å². The number of aliphatic hydroxyl groups is 2. The molecule has 0 saturated heterocycles. The Kier molecular flexibility index (Phi) is 22.9. The highest BCUT2D eigenvalue weighted by Crippen LogP contribution is 2.43. The molecule has 2 unspecified atom stereocenters. The molecule has 0 bridgehead atoms. The lowest BCUT2D eigenvalue weighted by Gasteiger charge is -2.14. The van der Waals surface area contributed by atoms with Crippen LogP contribution in [0.2, 0.25) is 0 Å². The number of unbranched alkanes of at least 4 members (excludes halogenated alkanes) is 14. The summed E-state index contributed by atoms with van der Waals surface area (Å²) < 4.78 is 25.8. The van der Waals surface area contributed by atoms with Crippen molar-refractivity contribution in [1.82, 2.24) is 0 Å². The maximum atomic E-state index is 11.7. The SMILES string of the molecule is CCCCCCCCCCCCCCCCCC(=O)OCCCOP(=O)(O)OCC(O)CO. The van der Waals surface area contributed by atoms with Gasteiger partial charge in [0.05, 0.1) is 26.4 Å². The summed E-state index contributed by atoms with van der Waals surface area (Å²) in [7, 11) is -4.28. The lowest BCUT2D eigenvalue weighted by atomic mass is 10.0. The molecule has 0 aromatic rings. The number of ether oxygens (including phenoxy) is 1. The van der Waals surface area contributed by atoms with E-state index in [1.165, 1.54) is 77.0 Å². The summed E-state index contributed by atoms with van der Waals surface area (Å²) in [6.07, 6.45) is 18.6. The minimum atomic E-state index is -4.28. The lowest BCUT2D eigenvalue weighted by Crippen LogP contribution is -2.19. The Morgan fingerprint density at radius 3 is 1.73 bits per heavy atom. The van der Waals surface area contributed by atoms with Crippen molar-refractivity contribution < 1.29 is 38.3 Å². The van der Waals surface area contributed by atoms with Crippen LogP contribution in [0.3, 0.4) is 0 Å². The molecule has 0 aromatic carbocycles. The van der Waals surface area contributed by atoms with Crippen molar-refractivity contribution >= 4 is 13.8 Å². The predicted molar refractivity (Wildman–Crippen MR) is 130 cm³/mol. The van der Waals surface area contributed by atoms with Crippen LogP contribution in [0.15, 0.2) is 0 Å². The van der Waals surface area contributed by atoms with Gasteiger partial charge in [-0.25, -0.2) is 4.57 Å². The molecule has 198 valence electrons. The Hall–Kier alpha value is -0.500. The van der Waals surface area contributed by atoms with E-state index in [2.05, 4.69) is 11.4 Å². The second-order valence-corrected chi connectivity index (χ2v) is 10.2. The molecule has 33 heavy (non-hydrogen) atoms. The van der Waals surface area contributed by atoms with Crippen LogP contribution >= 0.6 is 7.82 Å². The first-order valence-electron chi connectivity index (χ1n) is 13.0. The minimum absolute atomic E-state index is 0.108. The van der Waals surface area contributed by atoms with Crippen molar-refractivity contribution in [3.05, 3.63) is 0 Å². The summed E-state index contributed by atoms with van der Waals surface area (Å²) in [5.41, 5.74) is 0. The van der Waals surface area contributed by atoms with E-state index >= 15 is 0 Å². The van der Waals surface area contributed by atoms with E-state index in [4.69, 9.17) is 19.5 Å². The standard InChI is InChI=1S/C24H49O8P/c1-2-3-4-5-6-7-8-9-10-11-12-13-14-15-16-18-24(27)30-19-17-20-31-33(28,29)32-22-23(26)21-25/h23,25-26H,2-22H2,1H3,(H,28,29). The van der Waals surface area contributed by atoms with Crippen LogP contribution in [0.4, 0.5) is 0 Å². The largest absolute Gasteiger partial charge is 0.472 e. The molecular weight excluding hydrogens is 447 g/mol. The molecule has 0 aliphatic rings. The van der Waals surface area contributed by atoms with Crippen LogP contribution in [0.5, 0.6) is 0 Å². The molecular formula is C24H49O8P. The normalized spacial score (nSPS) is 14.2. The number of phosphoric acid groups is 1. The van der Waals surface area contributed by atoms with Gasteiger partial charge in [-0.05, 0) is 6.42 Å². The van der Waals surface area contributed by atoms with E-state index in [0.29, 0.717) is 6.42 Å². The second-order valence-electron chi connectivity index (χ2n) is 8.71. The molecule has 0 fully saturated rings. The monoisotopic (exact) mass is 496 g/mol. The molecule has 0 aliphatic heterocycles. The summed E-state index contributed by atoms with van der Waals surface area (Å²) in [6.45, 7) is 1.17. The van der Waals surface area contributed by atoms with E-state index in [1.54, 1.807) is 0 Å². The van der Waals surface area contributed by atoms with E-state index < -0.39 is 27.1 Å². The number of aliphatic hydroxyl groups excluding tert-OH is 2. The Labute approximate surface area is 201 Å². The molecule has 0 rings (SSSR count). The summed E-state index contributed by atoms with van der Waals surface area (Å²) in [4.78, 5) is 21.1. The van der Waals surface area contributed by atoms with Crippen molar-refractivity contribution in [2.24, 2.45) is 0 Å². The fourth-order valence-electron chi connectivity index (χ4n) is 3.41. The topological polar surface area (TPSA) is 123 Å². The zero-order valence-electron chi connectivity index (χ0n) is 20.8. The fraction of sp³-hybridized carbons (Fsp3) is 0.958. The molecule has 2 atom stereocenters. The van der Waals surface area contributed by atoms with Gasteiger partial charge in [-0.3, -0.25) is 13.8 Å². The van der Waals surface area contributed by atoms with Gasteiger partial charge < -0.3 is 19.8 Å². The van der Waals surface area contributed by atoms with Crippen LogP contribution in [-0.2, 0) is 23.1 Å². The van der Waals surface area contributed by atoms with Gasteiger partial charge in [0.1, 0.15) is 6.10 Å². The maximum Gasteiger partial charge on any atom is 0.472 e. The van der Waals surface area contributed by atoms with Crippen LogP contribution in [0.25, 0.3) is 0 Å². The zero-order chi connectivity index (χ0) is 24.6. The molecule has 0 aliphatic carbocycles. The first-order chi connectivity index (χ1) is 15.9. The van der Waals surface area contributed by atoms with Crippen molar-refractivity contribution in [1.29, 1.82) is 0 Å². The summed E-state index contributed by atoms with van der Waals surface area (Å²) >= 11 is 0. The number of hydrogen-bond donors (Lipinski definition) is 3. The van der Waals surface area contributed by atoms with Crippen molar-refractivity contribution in [2.45, 2.75) is 122 Å². The summed E-state index contributed by atoms with van der Waals surface area (Å²) in [5, 5.41) is 17.7. The van der Waals surface area contributed by atoms with Gasteiger partial charge in [-0.1, -0.05) is 96.8 Å². The average Bonchev–Trinajstić information content (AvgIpc) is 2.79. The van der Waals surface area contributed by atoms with Gasteiger partial charge >= 0.3 is 13.8 Å². The van der Waals surface area contributed by atoms with Crippen LogP contribution in [0, 0.1) is 0 Å². The van der Waals surface area contributed by atoms with Crippen LogP contribution in [0.1, 0.15) is 116 Å². The average molecular weight is 497 g/mol. The Bertz CT molecular complexity index is 489. The number of phosphoric ester groups is 1. The van der Waals surface area contributed by atoms with E-state index in [0.717, 1.165) is 19.3 Å². The van der Waals surface area contributed by atoms with Gasteiger partial charge in [-0.2, -0.15) is 0 Å². The first kappa shape index (κ1) is 32.5. The molecule has 9 heteroatoms. The molecule has 8 nitrogen and oxygen atoms in total. The Morgan fingerprint density at radius 1 is 0.758 bits per heavy atom. The third kappa shape index (κ3) is 24.4. The number of esters is 1. The molecule has 0 spiro atoms. The van der Waals surface area contributed by atoms with Gasteiger partial charge in [-0.15, -0.1) is 0 Å². The minimum Gasteiger partial charge on any atom is -0.466 e. The third-order valence-electron chi connectivity index (χ3n) is 5.43. The third-order valence-corrected chi connectivity index (χ3v) is 6.42. The maximum absolute atomic E-state index is 11.7. The highest BCUT2D eigenvalue weighted by atomic mass is 31.2. The second kappa shape index (κ2) is 23.3. The Balaban J connectivity index is 3.36. The highest BCUT2D eigenvalue weighted by molar-refractivity contribution is 7.47. The van der Waals surface area contributed by atoms with Gasteiger partial charge in [0, 0.05) is 12.8 Å². The lowest BCUT2D eigenvalue weighted by molar-refractivity contribution is -0.144. The van der Waals surface area contributed by atoms with Crippen molar-refractivity contribution in [2.75, 3.05) is 26.4 Å². The van der Waals surface area contributed by atoms with E-state index in [1.807, 2.05) is 0 Å². The zero-order valence-corrected chi connectivity index (χ0v) is 21.7. The smallest absolute Gasteiger partial charge is 0.466 e. The first-order valence-corrected chi connectivity index (χ1v) is 14.5. The summed E-state index contributed by atoms with van der Waals surface area (Å²) in [5.74, 6) is -0.265. The highest BCUT2D eigenvalue weighted by Gasteiger charge is 2.22. The predicted octanol–water partition coefficient (Wildman–Crippen LogP) is 5.67. The molecule has 0 heterocycles.